The fourth-order valence-electron chi connectivity index (χ4n) is 3.03. The third-order valence-electron chi connectivity index (χ3n) is 4.26. The number of nitrogens with one attached hydrogen (secondary N) is 1. The van der Waals surface area contributed by atoms with Gasteiger partial charge in [0.1, 0.15) is 0 Å². The van der Waals surface area contributed by atoms with Crippen LogP contribution in [0.4, 0.5) is 0 Å². The van der Waals surface area contributed by atoms with Crippen molar-refractivity contribution in [2.24, 2.45) is 0 Å². The summed E-state index contributed by atoms with van der Waals surface area (Å²) in [5.41, 5.74) is 0. The first-order chi connectivity index (χ1) is 8.77. The molecule has 19 heavy (non-hydrogen) atoms. The first-order valence-corrected chi connectivity index (χ1v) is 7.46. The standard InChI is InChI=1S/C14H27N3O.ClH/c1-16(13-6-5-8-15-9-7-13)12-14(18)17-10-3-2-4-11-17;/h13,15H,2-12H2,1H3;1H. The third-order valence-corrected chi connectivity index (χ3v) is 4.26. The second-order valence-electron chi connectivity index (χ2n) is 5.69. The molecule has 1 N–H and O–H groups in total. The zero-order chi connectivity index (χ0) is 12.8. The van der Waals surface area contributed by atoms with Crippen LogP contribution in [0.25, 0.3) is 0 Å². The fraction of sp³-hybridized carbons (Fsp3) is 0.929. The first-order valence-electron chi connectivity index (χ1n) is 7.46. The van der Waals surface area contributed by atoms with Gasteiger partial charge in [-0.05, 0) is 58.7 Å². The van der Waals surface area contributed by atoms with Crippen LogP contribution in [0.5, 0.6) is 0 Å². The van der Waals surface area contributed by atoms with Crippen LogP contribution in [0, 0.1) is 0 Å². The monoisotopic (exact) mass is 289 g/mol. The van der Waals surface area contributed by atoms with Crippen LogP contribution in [-0.4, -0.2) is 61.5 Å². The van der Waals surface area contributed by atoms with Crippen LogP contribution in [-0.2, 0) is 4.79 Å². The lowest BCUT2D eigenvalue weighted by Crippen LogP contribution is -2.44. The molecule has 0 aliphatic carbocycles. The van der Waals surface area contributed by atoms with Crippen LogP contribution in [0.1, 0.15) is 38.5 Å². The molecular weight excluding hydrogens is 262 g/mol. The van der Waals surface area contributed by atoms with Crippen molar-refractivity contribution >= 4 is 18.3 Å². The van der Waals surface area contributed by atoms with Gasteiger partial charge in [-0.15, -0.1) is 12.4 Å². The fourth-order valence-corrected chi connectivity index (χ4v) is 3.03. The summed E-state index contributed by atoms with van der Waals surface area (Å²) in [6, 6.07) is 0.578. The molecule has 0 bridgehead atoms. The SMILES string of the molecule is CN(CC(=O)N1CCCCC1)C1CCCNCC1.Cl. The second-order valence-corrected chi connectivity index (χ2v) is 5.69. The normalized spacial score (nSPS) is 24.7. The lowest BCUT2D eigenvalue weighted by molar-refractivity contribution is -0.133. The van der Waals surface area contributed by atoms with E-state index in [1.54, 1.807) is 0 Å². The van der Waals surface area contributed by atoms with Crippen molar-refractivity contribution in [1.29, 1.82) is 0 Å². The Morgan fingerprint density at radius 1 is 1.16 bits per heavy atom. The van der Waals surface area contributed by atoms with Gasteiger partial charge in [-0.1, -0.05) is 0 Å². The third kappa shape index (κ3) is 5.28. The topological polar surface area (TPSA) is 35.6 Å². The van der Waals surface area contributed by atoms with Gasteiger partial charge in [0.05, 0.1) is 6.54 Å². The number of hydrogen-bond acceptors (Lipinski definition) is 3. The van der Waals surface area contributed by atoms with E-state index in [2.05, 4.69) is 22.2 Å². The highest BCUT2D eigenvalue weighted by Gasteiger charge is 2.22. The highest BCUT2D eigenvalue weighted by Crippen LogP contribution is 2.13. The first kappa shape index (κ1) is 16.7. The molecule has 0 radical (unpaired) electrons. The van der Waals surface area contributed by atoms with Gasteiger partial charge in [-0.25, -0.2) is 0 Å². The lowest BCUT2D eigenvalue weighted by atomic mass is 10.1. The Labute approximate surface area is 123 Å². The predicted molar refractivity (Wildman–Crippen MR) is 80.8 cm³/mol. The van der Waals surface area contributed by atoms with Crippen LogP contribution < -0.4 is 5.32 Å². The summed E-state index contributed by atoms with van der Waals surface area (Å²) in [7, 11) is 2.11. The molecule has 112 valence electrons. The maximum atomic E-state index is 12.2. The van der Waals surface area contributed by atoms with Crippen LogP contribution in [0.3, 0.4) is 0 Å². The van der Waals surface area contributed by atoms with Gasteiger partial charge >= 0.3 is 0 Å². The molecule has 2 aliphatic rings. The van der Waals surface area contributed by atoms with E-state index in [4.69, 9.17) is 0 Å². The van der Waals surface area contributed by atoms with E-state index >= 15 is 0 Å². The number of piperidine rings is 1. The maximum absolute atomic E-state index is 12.2. The summed E-state index contributed by atoms with van der Waals surface area (Å²) in [6.07, 6.45) is 7.27. The largest absolute Gasteiger partial charge is 0.342 e. The van der Waals surface area contributed by atoms with Gasteiger partial charge in [0.15, 0.2) is 0 Å². The molecule has 0 saturated carbocycles. The average Bonchev–Trinajstić information content (AvgIpc) is 2.68. The summed E-state index contributed by atoms with van der Waals surface area (Å²) in [5.74, 6) is 0.328. The Morgan fingerprint density at radius 3 is 2.63 bits per heavy atom. The van der Waals surface area contributed by atoms with Crippen LogP contribution in [0.15, 0.2) is 0 Å². The molecule has 2 saturated heterocycles. The molecule has 1 amide bonds. The zero-order valence-electron chi connectivity index (χ0n) is 12.1. The minimum Gasteiger partial charge on any atom is -0.342 e. The number of rotatable bonds is 3. The van der Waals surface area contributed by atoms with Crippen LogP contribution >= 0.6 is 12.4 Å². The summed E-state index contributed by atoms with van der Waals surface area (Å²) >= 11 is 0. The minimum absolute atomic E-state index is 0. The van der Waals surface area contributed by atoms with E-state index in [1.165, 1.54) is 38.5 Å². The highest BCUT2D eigenvalue weighted by molar-refractivity contribution is 5.85. The van der Waals surface area contributed by atoms with Gasteiger partial charge in [0, 0.05) is 19.1 Å². The van der Waals surface area contributed by atoms with Gasteiger partial charge in [-0.3, -0.25) is 9.69 Å². The van der Waals surface area contributed by atoms with E-state index in [0.29, 0.717) is 18.5 Å². The summed E-state index contributed by atoms with van der Waals surface area (Å²) < 4.78 is 0. The molecular formula is C14H28ClN3O. The Bertz CT molecular complexity index is 261. The van der Waals surface area contributed by atoms with Crippen molar-refractivity contribution in [2.75, 3.05) is 39.8 Å². The smallest absolute Gasteiger partial charge is 0.236 e. The van der Waals surface area contributed by atoms with Crippen LogP contribution in [0.2, 0.25) is 0 Å². The number of amides is 1. The second kappa shape index (κ2) is 8.77. The highest BCUT2D eigenvalue weighted by atomic mass is 35.5. The Kier molecular flexibility index (Phi) is 7.73. The van der Waals surface area contributed by atoms with E-state index in [0.717, 1.165) is 26.2 Å². The molecule has 0 aromatic heterocycles. The molecule has 2 aliphatic heterocycles. The number of halogens is 1. The van der Waals surface area contributed by atoms with Gasteiger partial charge in [-0.2, -0.15) is 0 Å². The molecule has 2 fully saturated rings. The number of likely N-dealkylation sites (N-methyl/N-ethyl adjacent to an activating group) is 1. The van der Waals surface area contributed by atoms with Crippen molar-refractivity contribution in [2.45, 2.75) is 44.6 Å². The summed E-state index contributed by atoms with van der Waals surface area (Å²) in [4.78, 5) is 16.5. The van der Waals surface area contributed by atoms with Crippen molar-refractivity contribution < 1.29 is 4.79 Å². The number of likely N-dealkylation sites (tertiary alicyclic amines) is 1. The molecule has 0 aromatic rings. The number of hydrogen-bond donors (Lipinski definition) is 1. The number of nitrogens with zero attached hydrogens (tertiary/aromatic N) is 2. The predicted octanol–water partition coefficient (Wildman–Crippen LogP) is 1.49. The molecule has 2 heterocycles. The molecule has 0 aromatic carbocycles. The molecule has 5 heteroatoms. The Hall–Kier alpha value is -0.320. The van der Waals surface area contributed by atoms with Crippen molar-refractivity contribution in [1.82, 2.24) is 15.1 Å². The lowest BCUT2D eigenvalue weighted by Gasteiger charge is -2.31. The maximum Gasteiger partial charge on any atom is 0.236 e. The molecule has 4 nitrogen and oxygen atoms in total. The Morgan fingerprint density at radius 2 is 1.89 bits per heavy atom. The Balaban J connectivity index is 0.00000180. The summed E-state index contributed by atoms with van der Waals surface area (Å²) in [6.45, 7) is 4.76. The minimum atomic E-state index is 0. The quantitative estimate of drug-likeness (QED) is 0.855. The zero-order valence-corrected chi connectivity index (χ0v) is 12.9. The number of carbonyl (C=O) groups is 1. The van der Waals surface area contributed by atoms with E-state index in [1.807, 2.05) is 0 Å². The van der Waals surface area contributed by atoms with E-state index < -0.39 is 0 Å². The van der Waals surface area contributed by atoms with Gasteiger partial charge in [0.2, 0.25) is 5.91 Å². The average molecular weight is 290 g/mol. The van der Waals surface area contributed by atoms with Crippen molar-refractivity contribution in [3.05, 3.63) is 0 Å². The molecule has 1 unspecified atom stereocenters. The molecule has 0 spiro atoms. The molecule has 1 atom stereocenters. The molecule has 2 rings (SSSR count). The number of carbonyl (C=O) groups excluding carboxylic acids is 1. The van der Waals surface area contributed by atoms with E-state index in [-0.39, 0.29) is 12.4 Å². The van der Waals surface area contributed by atoms with E-state index in [9.17, 15) is 4.79 Å². The van der Waals surface area contributed by atoms with Gasteiger partial charge < -0.3 is 10.2 Å². The van der Waals surface area contributed by atoms with Gasteiger partial charge in [0.25, 0.3) is 0 Å². The van der Waals surface area contributed by atoms with Crippen molar-refractivity contribution in [3.8, 4) is 0 Å². The van der Waals surface area contributed by atoms with Crippen molar-refractivity contribution in [3.63, 3.8) is 0 Å². The summed E-state index contributed by atoms with van der Waals surface area (Å²) in [5, 5.41) is 3.43.